The highest BCUT2D eigenvalue weighted by Crippen LogP contribution is 2.44. The van der Waals surface area contributed by atoms with Gasteiger partial charge >= 0.3 is 12.1 Å². The number of alkyl carbamates (subject to hydrolysis) is 1. The molecule has 2 aromatic carbocycles. The van der Waals surface area contributed by atoms with E-state index < -0.39 is 23.5 Å². The summed E-state index contributed by atoms with van der Waals surface area (Å²) in [5.41, 5.74) is 3.46. The van der Waals surface area contributed by atoms with Crippen molar-refractivity contribution < 1.29 is 24.2 Å². The lowest BCUT2D eigenvalue weighted by Crippen LogP contribution is -2.61. The summed E-state index contributed by atoms with van der Waals surface area (Å²) in [6.45, 7) is 0.352. The number of fused-ring (bicyclic) bond motifs is 3. The Hall–Kier alpha value is -3.35. The zero-order valence-corrected chi connectivity index (χ0v) is 19.1. The molecule has 0 spiro atoms. The molecule has 2 amide bonds. The van der Waals surface area contributed by atoms with Crippen molar-refractivity contribution in [3.8, 4) is 11.1 Å². The first kappa shape index (κ1) is 22.4. The van der Waals surface area contributed by atoms with Crippen LogP contribution in [-0.4, -0.2) is 41.8 Å². The maximum absolute atomic E-state index is 13.0. The Labute approximate surface area is 198 Å². The van der Waals surface area contributed by atoms with Crippen LogP contribution in [-0.2, 0) is 14.3 Å². The van der Waals surface area contributed by atoms with Crippen LogP contribution in [0.25, 0.3) is 11.1 Å². The van der Waals surface area contributed by atoms with Gasteiger partial charge in [0.25, 0.3) is 0 Å². The molecule has 7 heteroatoms. The maximum Gasteiger partial charge on any atom is 0.407 e. The zero-order chi connectivity index (χ0) is 23.7. The van der Waals surface area contributed by atoms with Crippen molar-refractivity contribution >= 4 is 18.0 Å². The molecule has 0 aliphatic heterocycles. The average Bonchev–Trinajstić information content (AvgIpc) is 3.09. The fraction of sp³-hybridized carbons (Fsp3) is 0.444. The number of ether oxygens (including phenoxy) is 1. The van der Waals surface area contributed by atoms with Crippen LogP contribution in [0.1, 0.15) is 55.6 Å². The topological polar surface area (TPSA) is 105 Å². The number of hydrogen-bond donors (Lipinski definition) is 3. The summed E-state index contributed by atoms with van der Waals surface area (Å²) in [5, 5.41) is 15.1. The van der Waals surface area contributed by atoms with Crippen molar-refractivity contribution in [3.63, 3.8) is 0 Å². The van der Waals surface area contributed by atoms with Gasteiger partial charge in [0.05, 0.1) is 5.92 Å². The van der Waals surface area contributed by atoms with Crippen LogP contribution in [0.3, 0.4) is 0 Å². The molecule has 178 valence electrons. The van der Waals surface area contributed by atoms with E-state index in [4.69, 9.17) is 4.74 Å². The van der Waals surface area contributed by atoms with Crippen LogP contribution >= 0.6 is 0 Å². The molecule has 3 aliphatic carbocycles. The molecule has 0 aromatic heterocycles. The van der Waals surface area contributed by atoms with Gasteiger partial charge in [0.2, 0.25) is 5.91 Å². The van der Waals surface area contributed by atoms with Crippen LogP contribution in [0, 0.1) is 11.8 Å². The van der Waals surface area contributed by atoms with E-state index in [9.17, 15) is 19.5 Å². The molecular formula is C27H30N2O5. The summed E-state index contributed by atoms with van der Waals surface area (Å²) in [7, 11) is 0. The highest BCUT2D eigenvalue weighted by Gasteiger charge is 2.47. The molecule has 0 saturated heterocycles. The van der Waals surface area contributed by atoms with Gasteiger partial charge < -0.3 is 20.5 Å². The van der Waals surface area contributed by atoms with Gasteiger partial charge in [-0.3, -0.25) is 4.79 Å². The number of carbonyl (C=O) groups excluding carboxylic acids is 2. The summed E-state index contributed by atoms with van der Waals surface area (Å²) in [4.78, 5) is 37.2. The fourth-order valence-electron chi connectivity index (χ4n) is 5.41. The first-order valence-electron chi connectivity index (χ1n) is 12.1. The lowest BCUT2D eigenvalue weighted by Gasteiger charge is -2.41. The summed E-state index contributed by atoms with van der Waals surface area (Å²) >= 11 is 0. The van der Waals surface area contributed by atoms with Crippen LogP contribution in [0.2, 0.25) is 0 Å². The van der Waals surface area contributed by atoms with Gasteiger partial charge in [-0.05, 0) is 60.3 Å². The molecule has 5 rings (SSSR count). The third-order valence-corrected chi connectivity index (χ3v) is 7.84. The maximum atomic E-state index is 13.0. The molecular weight excluding hydrogens is 432 g/mol. The Morgan fingerprint density at radius 2 is 1.59 bits per heavy atom. The number of carbonyl (C=O) groups is 3. The lowest BCUT2D eigenvalue weighted by molar-refractivity contribution is -0.153. The number of benzene rings is 2. The Kier molecular flexibility index (Phi) is 6.02. The monoisotopic (exact) mass is 462 g/mol. The number of rotatable bonds is 8. The highest BCUT2D eigenvalue weighted by atomic mass is 16.5. The minimum absolute atomic E-state index is 0.0297. The van der Waals surface area contributed by atoms with E-state index in [1.54, 1.807) is 0 Å². The fourth-order valence-corrected chi connectivity index (χ4v) is 5.41. The standard InChI is InChI=1S/C27H30N2O5/c30-24(29-27(25(31)32)13-6-14-27)22(17-7-5-8-17)15-28-26(33)34-16-23-20-11-3-1-9-18(20)19-10-2-4-12-21(19)23/h1-4,9-12,17,22-23H,5-8,13-16H2,(H,28,33)(H,29,30)(H,31,32). The lowest BCUT2D eigenvalue weighted by atomic mass is 9.73. The second kappa shape index (κ2) is 9.12. The van der Waals surface area contributed by atoms with Gasteiger partial charge in [0, 0.05) is 12.5 Å². The number of carboxylic acids is 1. The smallest absolute Gasteiger partial charge is 0.407 e. The van der Waals surface area contributed by atoms with Gasteiger partial charge in [-0.1, -0.05) is 55.0 Å². The Morgan fingerprint density at radius 1 is 0.971 bits per heavy atom. The minimum Gasteiger partial charge on any atom is -0.480 e. The van der Waals surface area contributed by atoms with Gasteiger partial charge in [0.1, 0.15) is 12.1 Å². The van der Waals surface area contributed by atoms with Crippen LogP contribution in [0.15, 0.2) is 48.5 Å². The number of hydrogen-bond acceptors (Lipinski definition) is 4. The van der Waals surface area contributed by atoms with E-state index in [2.05, 4.69) is 34.9 Å². The average molecular weight is 463 g/mol. The van der Waals surface area contributed by atoms with E-state index >= 15 is 0 Å². The molecule has 2 aromatic rings. The van der Waals surface area contributed by atoms with Crippen LogP contribution < -0.4 is 10.6 Å². The Balaban J connectivity index is 1.20. The highest BCUT2D eigenvalue weighted by molar-refractivity contribution is 5.89. The summed E-state index contributed by atoms with van der Waals surface area (Å²) in [5.74, 6) is -1.60. The molecule has 2 saturated carbocycles. The molecule has 0 heterocycles. The molecule has 3 N–H and O–H groups in total. The van der Waals surface area contributed by atoms with Crippen LogP contribution in [0.5, 0.6) is 0 Å². The normalized spacial score (nSPS) is 19.1. The summed E-state index contributed by atoms with van der Waals surface area (Å²) < 4.78 is 5.60. The SMILES string of the molecule is O=C(NCC(C(=O)NC1(C(=O)O)CCC1)C1CCC1)OCC1c2ccccc2-c2ccccc21. The summed E-state index contributed by atoms with van der Waals surface area (Å²) in [6.07, 6.45) is 3.99. The third-order valence-electron chi connectivity index (χ3n) is 7.84. The minimum atomic E-state index is -1.15. The number of aliphatic carboxylic acids is 1. The predicted octanol–water partition coefficient (Wildman–Crippen LogP) is 4.06. The molecule has 34 heavy (non-hydrogen) atoms. The second-order valence-corrected chi connectivity index (χ2v) is 9.73. The quantitative estimate of drug-likeness (QED) is 0.549. The van der Waals surface area contributed by atoms with Crippen molar-refractivity contribution in [1.82, 2.24) is 10.6 Å². The number of carboxylic acid groups (broad SMARTS) is 1. The molecule has 0 radical (unpaired) electrons. The van der Waals surface area contributed by atoms with E-state index in [-0.39, 0.29) is 30.9 Å². The van der Waals surface area contributed by atoms with E-state index in [0.717, 1.165) is 47.9 Å². The van der Waals surface area contributed by atoms with Crippen molar-refractivity contribution in [3.05, 3.63) is 59.7 Å². The summed E-state index contributed by atoms with van der Waals surface area (Å²) in [6, 6.07) is 16.3. The predicted molar refractivity (Wildman–Crippen MR) is 126 cm³/mol. The second-order valence-electron chi connectivity index (χ2n) is 9.73. The van der Waals surface area contributed by atoms with Gasteiger partial charge in [0.15, 0.2) is 0 Å². The van der Waals surface area contributed by atoms with Gasteiger partial charge in [-0.2, -0.15) is 0 Å². The third kappa shape index (κ3) is 4.04. The zero-order valence-electron chi connectivity index (χ0n) is 19.1. The first-order chi connectivity index (χ1) is 16.5. The van der Waals surface area contributed by atoms with Gasteiger partial charge in [-0.15, -0.1) is 0 Å². The molecule has 2 fully saturated rings. The van der Waals surface area contributed by atoms with E-state index in [1.807, 2.05) is 24.3 Å². The van der Waals surface area contributed by atoms with Crippen molar-refractivity contribution in [2.24, 2.45) is 11.8 Å². The van der Waals surface area contributed by atoms with Crippen molar-refractivity contribution in [1.29, 1.82) is 0 Å². The molecule has 0 bridgehead atoms. The van der Waals surface area contributed by atoms with E-state index in [0.29, 0.717) is 12.8 Å². The largest absolute Gasteiger partial charge is 0.480 e. The first-order valence-corrected chi connectivity index (χ1v) is 12.1. The number of nitrogens with one attached hydrogen (secondary N) is 2. The van der Waals surface area contributed by atoms with Crippen molar-refractivity contribution in [2.45, 2.75) is 50.0 Å². The molecule has 1 atom stereocenters. The van der Waals surface area contributed by atoms with E-state index in [1.165, 1.54) is 0 Å². The van der Waals surface area contributed by atoms with Gasteiger partial charge in [-0.25, -0.2) is 9.59 Å². The van der Waals surface area contributed by atoms with Crippen molar-refractivity contribution in [2.75, 3.05) is 13.2 Å². The van der Waals surface area contributed by atoms with Crippen LogP contribution in [0.4, 0.5) is 4.79 Å². The number of amides is 2. The Morgan fingerprint density at radius 3 is 2.09 bits per heavy atom. The molecule has 7 nitrogen and oxygen atoms in total. The Bertz CT molecular complexity index is 1060. The molecule has 1 unspecified atom stereocenters. The molecule has 3 aliphatic rings.